The van der Waals surface area contributed by atoms with Gasteiger partial charge in [-0.1, -0.05) is 6.07 Å². The van der Waals surface area contributed by atoms with Crippen LogP contribution >= 0.6 is 11.3 Å². The molecular weight excluding hydrogens is 218 g/mol. The minimum Gasteiger partial charge on any atom is -0.308 e. The third kappa shape index (κ3) is 4.74. The SMILES string of the molecule is CC(CS(C)(=O)=O)NCc1cccs1. The number of hydrogen-bond donors (Lipinski definition) is 1. The van der Waals surface area contributed by atoms with E-state index in [0.717, 1.165) is 6.54 Å². The summed E-state index contributed by atoms with van der Waals surface area (Å²) in [4.78, 5) is 1.23. The molecule has 0 saturated carbocycles. The second kappa shape index (κ2) is 4.91. The highest BCUT2D eigenvalue weighted by atomic mass is 32.2. The highest BCUT2D eigenvalue weighted by molar-refractivity contribution is 7.90. The third-order valence-corrected chi connectivity index (χ3v) is 3.74. The molecule has 1 rings (SSSR count). The maximum absolute atomic E-state index is 11.0. The molecule has 1 unspecified atom stereocenters. The number of rotatable bonds is 5. The van der Waals surface area contributed by atoms with Gasteiger partial charge in [0.05, 0.1) is 5.75 Å². The Bertz CT molecular complexity index is 356. The summed E-state index contributed by atoms with van der Waals surface area (Å²) in [5.74, 6) is 0.193. The molecule has 0 aromatic carbocycles. The lowest BCUT2D eigenvalue weighted by Gasteiger charge is -2.11. The summed E-state index contributed by atoms with van der Waals surface area (Å²) < 4.78 is 21.9. The smallest absolute Gasteiger partial charge is 0.148 e. The highest BCUT2D eigenvalue weighted by Crippen LogP contribution is 2.07. The van der Waals surface area contributed by atoms with Crippen LogP contribution in [0, 0.1) is 0 Å². The first kappa shape index (κ1) is 11.7. The number of thiophene rings is 1. The number of hydrogen-bond acceptors (Lipinski definition) is 4. The molecule has 0 aliphatic carbocycles. The van der Waals surface area contributed by atoms with Gasteiger partial charge in [-0.05, 0) is 18.4 Å². The van der Waals surface area contributed by atoms with Crippen molar-refractivity contribution >= 4 is 21.2 Å². The molecule has 0 aliphatic heterocycles. The molecule has 0 saturated heterocycles. The van der Waals surface area contributed by atoms with Crippen molar-refractivity contribution in [1.29, 1.82) is 0 Å². The Balaban J connectivity index is 2.32. The molecular formula is C9H15NO2S2. The van der Waals surface area contributed by atoms with E-state index in [1.807, 2.05) is 24.4 Å². The summed E-state index contributed by atoms with van der Waals surface area (Å²) in [5, 5.41) is 5.18. The molecule has 5 heteroatoms. The normalized spacial score (nSPS) is 14.1. The second-order valence-corrected chi connectivity index (χ2v) is 6.67. The summed E-state index contributed by atoms with van der Waals surface area (Å²) in [6, 6.07) is 4.03. The van der Waals surface area contributed by atoms with Gasteiger partial charge in [-0.25, -0.2) is 8.42 Å². The second-order valence-electron chi connectivity index (χ2n) is 3.45. The van der Waals surface area contributed by atoms with Crippen LogP contribution in [0.5, 0.6) is 0 Å². The van der Waals surface area contributed by atoms with Gasteiger partial charge in [0.25, 0.3) is 0 Å². The van der Waals surface area contributed by atoms with E-state index in [2.05, 4.69) is 5.32 Å². The van der Waals surface area contributed by atoms with Gasteiger partial charge < -0.3 is 5.32 Å². The molecule has 1 heterocycles. The van der Waals surface area contributed by atoms with Crippen molar-refractivity contribution in [3.8, 4) is 0 Å². The van der Waals surface area contributed by atoms with E-state index < -0.39 is 9.84 Å². The molecule has 80 valence electrons. The predicted octanol–water partition coefficient (Wildman–Crippen LogP) is 1.27. The Labute approximate surface area is 89.1 Å². The fourth-order valence-electron chi connectivity index (χ4n) is 1.20. The Hall–Kier alpha value is -0.390. The summed E-state index contributed by atoms with van der Waals surface area (Å²) >= 11 is 1.67. The van der Waals surface area contributed by atoms with E-state index >= 15 is 0 Å². The lowest BCUT2D eigenvalue weighted by molar-refractivity contribution is 0.562. The van der Waals surface area contributed by atoms with Crippen molar-refractivity contribution < 1.29 is 8.42 Å². The molecule has 0 radical (unpaired) electrons. The summed E-state index contributed by atoms with van der Waals surface area (Å²) in [5.41, 5.74) is 0. The van der Waals surface area contributed by atoms with Crippen LogP contribution in [-0.2, 0) is 16.4 Å². The van der Waals surface area contributed by atoms with E-state index in [1.165, 1.54) is 11.1 Å². The van der Waals surface area contributed by atoms with Gasteiger partial charge in [-0.3, -0.25) is 0 Å². The van der Waals surface area contributed by atoms with Crippen LogP contribution in [0.3, 0.4) is 0 Å². The van der Waals surface area contributed by atoms with E-state index in [0.29, 0.717) is 0 Å². The number of sulfone groups is 1. The highest BCUT2D eigenvalue weighted by Gasteiger charge is 2.09. The molecule has 3 nitrogen and oxygen atoms in total. The van der Waals surface area contributed by atoms with Crippen molar-refractivity contribution in [2.45, 2.75) is 19.5 Å². The first-order valence-corrected chi connectivity index (χ1v) is 7.35. The van der Waals surface area contributed by atoms with E-state index in [-0.39, 0.29) is 11.8 Å². The maximum atomic E-state index is 11.0. The fraction of sp³-hybridized carbons (Fsp3) is 0.556. The summed E-state index contributed by atoms with van der Waals surface area (Å²) in [6.07, 6.45) is 1.26. The van der Waals surface area contributed by atoms with Gasteiger partial charge in [-0.2, -0.15) is 0 Å². The Morgan fingerprint density at radius 1 is 1.57 bits per heavy atom. The predicted molar refractivity (Wildman–Crippen MR) is 60.3 cm³/mol. The molecule has 1 aromatic heterocycles. The lowest BCUT2D eigenvalue weighted by Crippen LogP contribution is -2.31. The van der Waals surface area contributed by atoms with Gasteiger partial charge in [0, 0.05) is 23.7 Å². The molecule has 0 aliphatic rings. The molecule has 1 aromatic rings. The molecule has 0 bridgehead atoms. The molecule has 0 spiro atoms. The first-order valence-electron chi connectivity index (χ1n) is 4.41. The largest absolute Gasteiger partial charge is 0.308 e. The van der Waals surface area contributed by atoms with Crippen LogP contribution in [-0.4, -0.2) is 26.5 Å². The third-order valence-electron chi connectivity index (χ3n) is 1.76. The van der Waals surface area contributed by atoms with Crippen LogP contribution in [0.25, 0.3) is 0 Å². The van der Waals surface area contributed by atoms with Crippen LogP contribution in [0.15, 0.2) is 17.5 Å². The monoisotopic (exact) mass is 233 g/mol. The zero-order chi connectivity index (χ0) is 10.6. The van der Waals surface area contributed by atoms with Crippen molar-refractivity contribution in [3.05, 3.63) is 22.4 Å². The number of nitrogens with one attached hydrogen (secondary N) is 1. The van der Waals surface area contributed by atoms with Gasteiger partial charge in [0.15, 0.2) is 0 Å². The topological polar surface area (TPSA) is 46.2 Å². The van der Waals surface area contributed by atoms with E-state index in [4.69, 9.17) is 0 Å². The van der Waals surface area contributed by atoms with Crippen molar-refractivity contribution in [2.24, 2.45) is 0 Å². The van der Waals surface area contributed by atoms with Crippen LogP contribution in [0.2, 0.25) is 0 Å². The van der Waals surface area contributed by atoms with Gasteiger partial charge in [-0.15, -0.1) is 11.3 Å². The van der Waals surface area contributed by atoms with E-state index in [9.17, 15) is 8.42 Å². The van der Waals surface area contributed by atoms with Crippen LogP contribution in [0.4, 0.5) is 0 Å². The Kier molecular flexibility index (Phi) is 4.10. The minimum absolute atomic E-state index is 0.00657. The Morgan fingerprint density at radius 3 is 2.79 bits per heavy atom. The quantitative estimate of drug-likeness (QED) is 0.833. The standard InChI is InChI=1S/C9H15NO2S2/c1-8(7-14(2,11)12)10-6-9-4-3-5-13-9/h3-5,8,10H,6-7H2,1-2H3. The summed E-state index contributed by atoms with van der Waals surface area (Å²) in [6.45, 7) is 2.63. The van der Waals surface area contributed by atoms with E-state index in [1.54, 1.807) is 11.3 Å². The van der Waals surface area contributed by atoms with Crippen LogP contribution in [0.1, 0.15) is 11.8 Å². The van der Waals surface area contributed by atoms with Gasteiger partial charge >= 0.3 is 0 Å². The maximum Gasteiger partial charge on any atom is 0.148 e. The van der Waals surface area contributed by atoms with Gasteiger partial charge in [0.2, 0.25) is 0 Å². The van der Waals surface area contributed by atoms with Gasteiger partial charge in [0.1, 0.15) is 9.84 Å². The first-order chi connectivity index (χ1) is 6.47. The molecule has 1 atom stereocenters. The van der Waals surface area contributed by atoms with Crippen LogP contribution < -0.4 is 5.32 Å². The average Bonchev–Trinajstić information content (AvgIpc) is 2.49. The zero-order valence-electron chi connectivity index (χ0n) is 8.36. The Morgan fingerprint density at radius 2 is 2.29 bits per heavy atom. The van der Waals surface area contributed by atoms with Crippen molar-refractivity contribution in [3.63, 3.8) is 0 Å². The minimum atomic E-state index is -2.87. The molecule has 1 N–H and O–H groups in total. The molecule has 14 heavy (non-hydrogen) atoms. The lowest BCUT2D eigenvalue weighted by atomic mass is 10.3. The van der Waals surface area contributed by atoms with Crippen molar-refractivity contribution in [2.75, 3.05) is 12.0 Å². The van der Waals surface area contributed by atoms with Crippen molar-refractivity contribution in [1.82, 2.24) is 5.32 Å². The molecule has 0 amide bonds. The zero-order valence-corrected chi connectivity index (χ0v) is 9.99. The summed E-state index contributed by atoms with van der Waals surface area (Å²) in [7, 11) is -2.87. The fourth-order valence-corrected chi connectivity index (χ4v) is 2.88. The molecule has 0 fully saturated rings. The average molecular weight is 233 g/mol.